The Bertz CT molecular complexity index is 840. The predicted molar refractivity (Wildman–Crippen MR) is 113 cm³/mol. The first kappa shape index (κ1) is 21.0. The van der Waals surface area contributed by atoms with Gasteiger partial charge in [-0.2, -0.15) is 0 Å². The fraction of sp³-hybridized carbons (Fsp3) is 0.391. The molecule has 2 N–H and O–H groups in total. The van der Waals surface area contributed by atoms with Gasteiger partial charge in [-0.05, 0) is 23.6 Å². The molecule has 1 fully saturated rings. The second-order valence-electron chi connectivity index (χ2n) is 7.55. The molecule has 0 bridgehead atoms. The standard InChI is InChI=1S/C23H29N3O3/c1-24-23(29)20-11-7-6-10-18(20)14-22(28)25(2)21(17-8-4-3-5-9-17)16-26-13-12-19(27)15-26/h3-11,19,21,27H,12-16H2,1-2H3,(H,24,29). The van der Waals surface area contributed by atoms with Crippen molar-refractivity contribution in [2.45, 2.75) is 25.0 Å². The van der Waals surface area contributed by atoms with E-state index in [4.69, 9.17) is 0 Å². The van der Waals surface area contributed by atoms with Crippen LogP contribution in [0.15, 0.2) is 54.6 Å². The lowest BCUT2D eigenvalue weighted by Crippen LogP contribution is -2.39. The van der Waals surface area contributed by atoms with Crippen molar-refractivity contribution in [1.82, 2.24) is 15.1 Å². The first-order valence-corrected chi connectivity index (χ1v) is 10.0. The molecule has 0 spiro atoms. The van der Waals surface area contributed by atoms with Crippen LogP contribution in [0.5, 0.6) is 0 Å². The third-order valence-electron chi connectivity index (χ3n) is 5.55. The molecule has 6 nitrogen and oxygen atoms in total. The van der Waals surface area contributed by atoms with Gasteiger partial charge < -0.3 is 15.3 Å². The maximum atomic E-state index is 13.2. The average Bonchev–Trinajstić information content (AvgIpc) is 3.16. The molecule has 29 heavy (non-hydrogen) atoms. The fourth-order valence-corrected chi connectivity index (χ4v) is 3.84. The monoisotopic (exact) mass is 395 g/mol. The van der Waals surface area contributed by atoms with E-state index in [0.717, 1.165) is 18.5 Å². The number of nitrogens with one attached hydrogen (secondary N) is 1. The number of likely N-dealkylation sites (N-methyl/N-ethyl adjacent to an activating group) is 1. The summed E-state index contributed by atoms with van der Waals surface area (Å²) in [4.78, 5) is 29.3. The molecule has 2 atom stereocenters. The van der Waals surface area contributed by atoms with E-state index in [1.807, 2.05) is 49.5 Å². The Morgan fingerprint density at radius 1 is 1.17 bits per heavy atom. The van der Waals surface area contributed by atoms with Crippen molar-refractivity contribution in [2.24, 2.45) is 0 Å². The minimum atomic E-state index is -0.299. The summed E-state index contributed by atoms with van der Waals surface area (Å²) in [6.45, 7) is 2.12. The van der Waals surface area contributed by atoms with Gasteiger partial charge in [0.1, 0.15) is 0 Å². The lowest BCUT2D eigenvalue weighted by Gasteiger charge is -2.32. The number of amides is 2. The van der Waals surface area contributed by atoms with Crippen LogP contribution < -0.4 is 5.32 Å². The molecule has 0 aliphatic carbocycles. The quantitative estimate of drug-likeness (QED) is 0.751. The molecule has 0 saturated carbocycles. The minimum absolute atomic E-state index is 0.0463. The van der Waals surface area contributed by atoms with Crippen molar-refractivity contribution in [2.75, 3.05) is 33.7 Å². The molecule has 1 heterocycles. The van der Waals surface area contributed by atoms with Gasteiger partial charge >= 0.3 is 0 Å². The maximum Gasteiger partial charge on any atom is 0.251 e. The zero-order valence-electron chi connectivity index (χ0n) is 17.0. The third-order valence-corrected chi connectivity index (χ3v) is 5.55. The molecule has 3 rings (SSSR count). The lowest BCUT2D eigenvalue weighted by atomic mass is 10.0. The smallest absolute Gasteiger partial charge is 0.251 e. The average molecular weight is 396 g/mol. The predicted octanol–water partition coefficient (Wildman–Crippen LogP) is 1.85. The van der Waals surface area contributed by atoms with Gasteiger partial charge in [0.05, 0.1) is 18.6 Å². The first-order chi connectivity index (χ1) is 14.0. The molecule has 154 valence electrons. The summed E-state index contributed by atoms with van der Waals surface area (Å²) in [5, 5.41) is 12.5. The molecule has 1 aliphatic rings. The van der Waals surface area contributed by atoms with Gasteiger partial charge in [-0.1, -0.05) is 48.5 Å². The number of aliphatic hydroxyl groups is 1. The summed E-state index contributed by atoms with van der Waals surface area (Å²) in [5.74, 6) is -0.239. The van der Waals surface area contributed by atoms with Crippen molar-refractivity contribution < 1.29 is 14.7 Å². The van der Waals surface area contributed by atoms with Crippen LogP contribution in [0.25, 0.3) is 0 Å². The van der Waals surface area contributed by atoms with E-state index < -0.39 is 0 Å². The van der Waals surface area contributed by atoms with Crippen LogP contribution in [0.2, 0.25) is 0 Å². The Morgan fingerprint density at radius 2 is 1.86 bits per heavy atom. The van der Waals surface area contributed by atoms with E-state index >= 15 is 0 Å². The van der Waals surface area contributed by atoms with Crippen molar-refractivity contribution in [3.8, 4) is 0 Å². The summed E-state index contributed by atoms with van der Waals surface area (Å²) in [7, 11) is 3.40. The van der Waals surface area contributed by atoms with Crippen molar-refractivity contribution in [3.05, 3.63) is 71.3 Å². The number of carbonyl (C=O) groups is 2. The Hall–Kier alpha value is -2.70. The number of β-amino-alcohol motifs (C(OH)–C–C–N with tert-alkyl or cyclic N) is 1. The SMILES string of the molecule is CNC(=O)c1ccccc1CC(=O)N(C)C(CN1CCC(O)C1)c1ccccc1. The highest BCUT2D eigenvalue weighted by atomic mass is 16.3. The van der Waals surface area contributed by atoms with Crippen LogP contribution >= 0.6 is 0 Å². The van der Waals surface area contributed by atoms with E-state index in [2.05, 4.69) is 10.2 Å². The van der Waals surface area contributed by atoms with Crippen molar-refractivity contribution in [1.29, 1.82) is 0 Å². The lowest BCUT2D eigenvalue weighted by molar-refractivity contribution is -0.131. The van der Waals surface area contributed by atoms with Gasteiger partial charge in [0.15, 0.2) is 0 Å². The molecule has 2 unspecified atom stereocenters. The van der Waals surface area contributed by atoms with Crippen LogP contribution in [-0.4, -0.2) is 66.6 Å². The summed E-state index contributed by atoms with van der Waals surface area (Å²) < 4.78 is 0. The second-order valence-corrected chi connectivity index (χ2v) is 7.55. The van der Waals surface area contributed by atoms with E-state index in [0.29, 0.717) is 24.2 Å². The van der Waals surface area contributed by atoms with Gasteiger partial charge in [0.25, 0.3) is 5.91 Å². The molecule has 1 aliphatic heterocycles. The second kappa shape index (κ2) is 9.67. The summed E-state index contributed by atoms with van der Waals surface area (Å²) in [5.41, 5.74) is 2.30. The van der Waals surface area contributed by atoms with Gasteiger partial charge in [-0.3, -0.25) is 14.5 Å². The molecular formula is C23H29N3O3. The molecule has 2 aromatic rings. The van der Waals surface area contributed by atoms with Gasteiger partial charge in [-0.25, -0.2) is 0 Å². The number of carbonyl (C=O) groups excluding carboxylic acids is 2. The number of benzene rings is 2. The van der Waals surface area contributed by atoms with E-state index in [1.54, 1.807) is 24.1 Å². The topological polar surface area (TPSA) is 72.9 Å². The zero-order chi connectivity index (χ0) is 20.8. The van der Waals surface area contributed by atoms with Crippen molar-refractivity contribution >= 4 is 11.8 Å². The Labute approximate surface area is 172 Å². The van der Waals surface area contributed by atoms with Crippen molar-refractivity contribution in [3.63, 3.8) is 0 Å². The normalized spacial score (nSPS) is 17.7. The summed E-state index contributed by atoms with van der Waals surface area (Å²) >= 11 is 0. The number of hydrogen-bond acceptors (Lipinski definition) is 4. The minimum Gasteiger partial charge on any atom is -0.392 e. The first-order valence-electron chi connectivity index (χ1n) is 10.0. The number of nitrogens with zero attached hydrogens (tertiary/aromatic N) is 2. The molecule has 2 amide bonds. The third kappa shape index (κ3) is 5.22. The van der Waals surface area contributed by atoms with E-state index in [9.17, 15) is 14.7 Å². The van der Waals surface area contributed by atoms with E-state index in [1.165, 1.54) is 0 Å². The van der Waals surface area contributed by atoms with Crippen LogP contribution in [0.3, 0.4) is 0 Å². The highest BCUT2D eigenvalue weighted by Gasteiger charge is 2.28. The van der Waals surface area contributed by atoms with Crippen LogP contribution in [0.1, 0.15) is 33.9 Å². The number of likely N-dealkylation sites (tertiary alicyclic amines) is 1. The maximum absolute atomic E-state index is 13.2. The Kier molecular flexibility index (Phi) is 7.01. The largest absolute Gasteiger partial charge is 0.392 e. The highest BCUT2D eigenvalue weighted by molar-refractivity contribution is 5.96. The highest BCUT2D eigenvalue weighted by Crippen LogP contribution is 2.24. The zero-order valence-corrected chi connectivity index (χ0v) is 17.0. The Balaban J connectivity index is 1.79. The van der Waals surface area contributed by atoms with Crippen LogP contribution in [-0.2, 0) is 11.2 Å². The number of aliphatic hydroxyl groups excluding tert-OH is 1. The number of hydrogen-bond donors (Lipinski definition) is 2. The van der Waals surface area contributed by atoms with Gasteiger partial charge in [-0.15, -0.1) is 0 Å². The summed E-state index contributed by atoms with van der Waals surface area (Å²) in [6, 6.07) is 17.0. The number of rotatable bonds is 7. The molecule has 0 radical (unpaired) electrons. The Morgan fingerprint density at radius 3 is 2.52 bits per heavy atom. The summed E-state index contributed by atoms with van der Waals surface area (Å²) in [6.07, 6.45) is 0.622. The fourth-order valence-electron chi connectivity index (χ4n) is 3.84. The van der Waals surface area contributed by atoms with E-state index in [-0.39, 0.29) is 30.4 Å². The molecule has 1 saturated heterocycles. The van der Waals surface area contributed by atoms with Gasteiger partial charge in [0, 0.05) is 39.3 Å². The van der Waals surface area contributed by atoms with Crippen LogP contribution in [0.4, 0.5) is 0 Å². The molecule has 0 aromatic heterocycles. The van der Waals surface area contributed by atoms with Gasteiger partial charge in [0.2, 0.25) is 5.91 Å². The molecule has 6 heteroatoms. The molecular weight excluding hydrogens is 366 g/mol. The van der Waals surface area contributed by atoms with Crippen LogP contribution in [0, 0.1) is 0 Å². The molecule has 2 aromatic carbocycles.